The van der Waals surface area contributed by atoms with Crippen LogP contribution in [0.4, 0.5) is 9.18 Å². The maximum atomic E-state index is 14.9. The number of hydrogen-bond donors (Lipinski definition) is 0. The van der Waals surface area contributed by atoms with Crippen molar-refractivity contribution in [2.24, 2.45) is 5.92 Å². The van der Waals surface area contributed by atoms with E-state index in [1.165, 1.54) is 17.8 Å². The molecule has 2 aliphatic heterocycles. The molecule has 0 N–H and O–H groups in total. The van der Waals surface area contributed by atoms with Crippen molar-refractivity contribution in [2.75, 3.05) is 45.8 Å². The second-order valence-electron chi connectivity index (χ2n) is 11.5. The Morgan fingerprint density at radius 1 is 1.08 bits per heavy atom. The highest BCUT2D eigenvalue weighted by Crippen LogP contribution is 2.40. The topological polar surface area (TPSA) is 70.2 Å². The third kappa shape index (κ3) is 7.67. The van der Waals surface area contributed by atoms with E-state index in [0.717, 1.165) is 37.9 Å². The molecule has 2 saturated heterocycles. The number of likely N-dealkylation sites (tertiary alicyclic amines) is 1. The average molecular weight is 546 g/mol. The summed E-state index contributed by atoms with van der Waals surface area (Å²) in [6.07, 6.45) is 4.37. The van der Waals surface area contributed by atoms with Gasteiger partial charge in [0.25, 0.3) is 0 Å². The minimum absolute atomic E-state index is 0.0117. The van der Waals surface area contributed by atoms with Gasteiger partial charge in [0.2, 0.25) is 0 Å². The lowest BCUT2D eigenvalue weighted by molar-refractivity contribution is -0.126. The summed E-state index contributed by atoms with van der Waals surface area (Å²) >= 11 is 1.34. The Hall–Kier alpha value is -2.23. The highest BCUT2D eigenvalue weighted by atomic mass is 32.2. The van der Waals surface area contributed by atoms with Gasteiger partial charge in [-0.2, -0.15) is 0 Å². The SMILES string of the molecule is CC(=O)SC1CCN(C(C(=O)C2CC2)c2ccccc2F)CC1=CCN1CCN(C(=O)OC(C)(C)C)CC1. The lowest BCUT2D eigenvalue weighted by atomic mass is 9.93. The zero-order chi connectivity index (χ0) is 27.4. The largest absolute Gasteiger partial charge is 0.444 e. The minimum atomic E-state index is -0.604. The standard InChI is InChI=1S/C29H40FN3O4S/c1-20(34)38-25-12-14-33(26(27(35)21-9-10-21)23-7-5-6-8-24(23)30)19-22(25)11-13-31-15-17-32(18-16-31)28(36)37-29(2,3)4/h5-8,11,21,25-26H,9-10,12-19H2,1-4H3. The monoisotopic (exact) mass is 545 g/mol. The quantitative estimate of drug-likeness (QED) is 0.461. The van der Waals surface area contributed by atoms with Gasteiger partial charge in [0, 0.05) is 69.5 Å². The van der Waals surface area contributed by atoms with Crippen LogP contribution in [0.1, 0.15) is 58.6 Å². The van der Waals surface area contributed by atoms with Crippen molar-refractivity contribution in [3.05, 3.63) is 47.3 Å². The van der Waals surface area contributed by atoms with Gasteiger partial charge in [-0.1, -0.05) is 36.0 Å². The summed E-state index contributed by atoms with van der Waals surface area (Å²) in [6, 6.07) is 5.99. The zero-order valence-electron chi connectivity index (χ0n) is 23.0. The maximum Gasteiger partial charge on any atom is 0.410 e. The van der Waals surface area contributed by atoms with E-state index in [0.29, 0.717) is 38.3 Å². The van der Waals surface area contributed by atoms with Crippen LogP contribution >= 0.6 is 11.8 Å². The van der Waals surface area contributed by atoms with Crippen molar-refractivity contribution < 1.29 is 23.5 Å². The molecule has 3 aliphatic rings. The van der Waals surface area contributed by atoms with Crippen molar-refractivity contribution in [2.45, 2.75) is 63.9 Å². The van der Waals surface area contributed by atoms with E-state index in [1.807, 2.05) is 20.8 Å². The molecule has 0 radical (unpaired) electrons. The van der Waals surface area contributed by atoms with Crippen LogP contribution in [-0.2, 0) is 14.3 Å². The Morgan fingerprint density at radius 2 is 1.76 bits per heavy atom. The molecule has 2 heterocycles. The molecule has 1 amide bonds. The Bertz CT molecular complexity index is 1060. The molecule has 1 aromatic carbocycles. The molecule has 7 nitrogen and oxygen atoms in total. The number of carbonyl (C=O) groups excluding carboxylic acids is 3. The summed E-state index contributed by atoms with van der Waals surface area (Å²) in [5.41, 5.74) is 1.03. The highest BCUT2D eigenvalue weighted by Gasteiger charge is 2.41. The molecule has 2 unspecified atom stereocenters. The third-order valence-electron chi connectivity index (χ3n) is 7.24. The number of nitrogens with zero attached hydrogens (tertiary/aromatic N) is 3. The van der Waals surface area contributed by atoms with Gasteiger partial charge in [-0.3, -0.25) is 19.4 Å². The third-order valence-corrected chi connectivity index (χ3v) is 8.39. The summed E-state index contributed by atoms with van der Waals surface area (Å²) in [4.78, 5) is 43.9. The van der Waals surface area contributed by atoms with Crippen molar-refractivity contribution >= 4 is 28.8 Å². The van der Waals surface area contributed by atoms with Gasteiger partial charge in [0.1, 0.15) is 11.4 Å². The predicted molar refractivity (Wildman–Crippen MR) is 147 cm³/mol. The van der Waals surface area contributed by atoms with Crippen molar-refractivity contribution in [1.29, 1.82) is 0 Å². The molecule has 1 aliphatic carbocycles. The molecule has 208 valence electrons. The fourth-order valence-corrected chi connectivity index (χ4v) is 6.08. The second kappa shape index (κ2) is 12.3. The summed E-state index contributed by atoms with van der Waals surface area (Å²) in [5.74, 6) is -0.233. The molecule has 2 atom stereocenters. The Morgan fingerprint density at radius 3 is 2.37 bits per heavy atom. The molecule has 4 rings (SSSR count). The number of ketones is 1. The molecule has 0 bridgehead atoms. The van der Waals surface area contributed by atoms with Crippen LogP contribution in [-0.4, -0.2) is 88.4 Å². The Kier molecular flexibility index (Phi) is 9.31. The first-order valence-corrected chi connectivity index (χ1v) is 14.5. The van der Waals surface area contributed by atoms with Crippen LogP contribution in [0.5, 0.6) is 0 Å². The van der Waals surface area contributed by atoms with E-state index in [1.54, 1.807) is 30.0 Å². The number of piperazine rings is 1. The van der Waals surface area contributed by atoms with Crippen LogP contribution in [0.2, 0.25) is 0 Å². The van der Waals surface area contributed by atoms with Crippen LogP contribution in [0, 0.1) is 11.7 Å². The van der Waals surface area contributed by atoms with Gasteiger partial charge < -0.3 is 9.64 Å². The van der Waals surface area contributed by atoms with Gasteiger partial charge in [-0.05, 0) is 51.7 Å². The van der Waals surface area contributed by atoms with Gasteiger partial charge in [0.15, 0.2) is 10.9 Å². The van der Waals surface area contributed by atoms with Gasteiger partial charge in [-0.15, -0.1) is 0 Å². The van der Waals surface area contributed by atoms with Gasteiger partial charge >= 0.3 is 6.09 Å². The van der Waals surface area contributed by atoms with E-state index in [-0.39, 0.29) is 34.0 Å². The van der Waals surface area contributed by atoms with Crippen LogP contribution in [0.3, 0.4) is 0 Å². The maximum absolute atomic E-state index is 14.9. The van der Waals surface area contributed by atoms with Crippen molar-refractivity contribution in [3.63, 3.8) is 0 Å². The van der Waals surface area contributed by atoms with Crippen LogP contribution < -0.4 is 0 Å². The summed E-state index contributed by atoms with van der Waals surface area (Å²) in [5, 5.41) is 0.115. The molecule has 9 heteroatoms. The van der Waals surface area contributed by atoms with E-state index in [2.05, 4.69) is 15.9 Å². The predicted octanol–water partition coefficient (Wildman–Crippen LogP) is 4.68. The molecule has 3 fully saturated rings. The number of carbonyl (C=O) groups is 3. The van der Waals surface area contributed by atoms with Crippen molar-refractivity contribution in [3.8, 4) is 0 Å². The van der Waals surface area contributed by atoms with E-state index in [9.17, 15) is 18.8 Å². The average Bonchev–Trinajstić information content (AvgIpc) is 3.70. The van der Waals surface area contributed by atoms with E-state index >= 15 is 0 Å². The zero-order valence-corrected chi connectivity index (χ0v) is 23.8. The second-order valence-corrected chi connectivity index (χ2v) is 12.9. The van der Waals surface area contributed by atoms with Crippen LogP contribution in [0.25, 0.3) is 0 Å². The number of benzene rings is 1. The molecule has 0 spiro atoms. The summed E-state index contributed by atoms with van der Waals surface area (Å²) in [7, 11) is 0. The molecule has 38 heavy (non-hydrogen) atoms. The summed E-state index contributed by atoms with van der Waals surface area (Å²) < 4.78 is 20.4. The lowest BCUT2D eigenvalue weighted by Crippen LogP contribution is -2.50. The summed E-state index contributed by atoms with van der Waals surface area (Å²) in [6.45, 7) is 11.7. The fourth-order valence-electron chi connectivity index (χ4n) is 5.14. The number of rotatable bonds is 7. The number of ether oxygens (including phenoxy) is 1. The van der Waals surface area contributed by atoms with E-state index < -0.39 is 11.6 Å². The van der Waals surface area contributed by atoms with Crippen LogP contribution in [0.15, 0.2) is 35.9 Å². The molecular weight excluding hydrogens is 505 g/mol. The first-order valence-electron chi connectivity index (χ1n) is 13.6. The number of Topliss-reactive ketones (excluding diaryl/α,β-unsaturated/α-hetero) is 1. The highest BCUT2D eigenvalue weighted by molar-refractivity contribution is 8.14. The number of hydrogen-bond acceptors (Lipinski definition) is 7. The van der Waals surface area contributed by atoms with E-state index in [4.69, 9.17) is 4.74 Å². The Balaban J connectivity index is 1.46. The molecule has 1 saturated carbocycles. The molecule has 0 aromatic heterocycles. The lowest BCUT2D eigenvalue weighted by Gasteiger charge is -2.39. The smallest absolute Gasteiger partial charge is 0.410 e. The normalized spacial score (nSPS) is 23.3. The molecular formula is C29H40FN3O4S. The number of halogens is 1. The number of thioether (sulfide) groups is 1. The first kappa shape index (κ1) is 28.8. The number of piperidine rings is 1. The minimum Gasteiger partial charge on any atom is -0.444 e. The number of amides is 1. The fraction of sp³-hybridized carbons (Fsp3) is 0.621. The first-order chi connectivity index (χ1) is 18.0. The van der Waals surface area contributed by atoms with Gasteiger partial charge in [-0.25, -0.2) is 9.18 Å². The molecule has 1 aromatic rings. The van der Waals surface area contributed by atoms with Crippen molar-refractivity contribution in [1.82, 2.24) is 14.7 Å². The van der Waals surface area contributed by atoms with Gasteiger partial charge in [0.05, 0.1) is 6.04 Å². The Labute approximate surface area is 229 Å².